The first-order chi connectivity index (χ1) is 36.7. The first kappa shape index (κ1) is 41.8. The molecule has 4 heteroatoms. The number of furan rings is 1. The van der Waals surface area contributed by atoms with Crippen LogP contribution in [0.15, 0.2) is 277 Å². The molecule has 0 aliphatic heterocycles. The Balaban J connectivity index is 0.865. The lowest BCUT2D eigenvalue weighted by Gasteiger charge is -2.28. The van der Waals surface area contributed by atoms with E-state index in [-0.39, 0.29) is 0 Å². The fourth-order valence-electron chi connectivity index (χ4n) is 11.7. The summed E-state index contributed by atoms with van der Waals surface area (Å²) in [4.78, 5) is 2.42. The average molecular weight is 944 g/mol. The van der Waals surface area contributed by atoms with Crippen molar-refractivity contribution in [3.05, 3.63) is 273 Å². The van der Waals surface area contributed by atoms with Crippen molar-refractivity contribution >= 4 is 93.4 Å². The van der Waals surface area contributed by atoms with Crippen LogP contribution in [-0.4, -0.2) is 9.13 Å². The zero-order valence-corrected chi connectivity index (χ0v) is 40.2. The molecule has 15 rings (SSSR count). The number of hydrogen-bond donors (Lipinski definition) is 0. The van der Waals surface area contributed by atoms with Gasteiger partial charge >= 0.3 is 0 Å². The number of benzene rings is 12. The van der Waals surface area contributed by atoms with Gasteiger partial charge in [-0.15, -0.1) is 0 Å². The lowest BCUT2D eigenvalue weighted by atomic mass is 9.95. The van der Waals surface area contributed by atoms with Gasteiger partial charge in [0.2, 0.25) is 0 Å². The number of rotatable bonds is 8. The maximum atomic E-state index is 6.20. The van der Waals surface area contributed by atoms with Crippen LogP contribution >= 0.6 is 0 Å². The molecule has 3 aromatic heterocycles. The SMILES string of the molecule is c1ccc(-n2c3ccccc3c3cc(-c4ccc(N(c5ccc(-c6ccc7oc8ccccc8c7c6)cc5)c5ccc(-c6ccc7c8ccccc8n(-c8ccccc8)c7c6)c6ccccc56)cc4)ccc32)cc1. The molecular formula is C70H45N3O. The molecule has 0 spiro atoms. The quantitative estimate of drug-likeness (QED) is 0.152. The zero-order chi connectivity index (χ0) is 48.7. The van der Waals surface area contributed by atoms with E-state index in [2.05, 4.69) is 275 Å². The van der Waals surface area contributed by atoms with Gasteiger partial charge in [-0.05, 0) is 142 Å². The molecule has 3 heterocycles. The third-order valence-electron chi connectivity index (χ3n) is 15.1. The van der Waals surface area contributed by atoms with Crippen molar-refractivity contribution in [1.82, 2.24) is 9.13 Å². The molecular weight excluding hydrogens is 899 g/mol. The highest BCUT2D eigenvalue weighted by Crippen LogP contribution is 2.45. The monoisotopic (exact) mass is 943 g/mol. The standard InChI is InChI=1S/C70H45N3O/c1-3-15-51(16-4-1)72-65-25-13-10-22-59(65)62-43-48(32-40-67(62)72)46-27-34-53(35-28-46)71(54-36-29-47(30-37-54)49-33-42-70-63(44-49)61-23-11-14-26-69(61)74-70)66-41-39-55(56-19-7-8-20-57(56)66)50-31-38-60-58-21-9-12-24-64(58)73(68(60)45-50)52-17-5-2-6-18-52/h1-45H. The maximum absolute atomic E-state index is 6.20. The van der Waals surface area contributed by atoms with Crippen LogP contribution in [0.1, 0.15) is 0 Å². The molecule has 0 saturated carbocycles. The molecule has 0 aliphatic carbocycles. The Hall–Kier alpha value is -9.90. The second kappa shape index (κ2) is 16.9. The highest BCUT2D eigenvalue weighted by atomic mass is 16.3. The number of fused-ring (bicyclic) bond motifs is 10. The van der Waals surface area contributed by atoms with E-state index in [0.29, 0.717) is 0 Å². The molecule has 0 amide bonds. The highest BCUT2D eigenvalue weighted by molar-refractivity contribution is 6.13. The van der Waals surface area contributed by atoms with E-state index in [1.807, 2.05) is 12.1 Å². The molecule has 0 saturated heterocycles. The van der Waals surface area contributed by atoms with Crippen molar-refractivity contribution in [2.45, 2.75) is 0 Å². The predicted octanol–water partition coefficient (Wildman–Crippen LogP) is 19.4. The van der Waals surface area contributed by atoms with Gasteiger partial charge in [-0.2, -0.15) is 0 Å². The summed E-state index contributed by atoms with van der Waals surface area (Å²) in [6, 6.07) is 99.1. The molecule has 74 heavy (non-hydrogen) atoms. The van der Waals surface area contributed by atoms with Gasteiger partial charge in [0.05, 0.1) is 27.8 Å². The topological polar surface area (TPSA) is 26.2 Å². The van der Waals surface area contributed by atoms with Crippen LogP contribution < -0.4 is 4.90 Å². The lowest BCUT2D eigenvalue weighted by Crippen LogP contribution is -2.10. The fourth-order valence-corrected chi connectivity index (χ4v) is 11.7. The molecule has 15 aromatic rings. The number of para-hydroxylation sites is 5. The van der Waals surface area contributed by atoms with Crippen LogP contribution in [0.5, 0.6) is 0 Å². The molecule has 0 unspecified atom stereocenters. The van der Waals surface area contributed by atoms with E-state index < -0.39 is 0 Å². The summed E-state index contributed by atoms with van der Waals surface area (Å²) in [6.07, 6.45) is 0. The van der Waals surface area contributed by atoms with Crippen LogP contribution in [0.25, 0.3) is 121 Å². The fraction of sp³-hybridized carbons (Fsp3) is 0. The molecule has 0 N–H and O–H groups in total. The molecule has 0 atom stereocenters. The van der Waals surface area contributed by atoms with Crippen LogP contribution in [0.2, 0.25) is 0 Å². The summed E-state index contributed by atoms with van der Waals surface area (Å²) in [5.74, 6) is 0. The van der Waals surface area contributed by atoms with Gasteiger partial charge in [-0.25, -0.2) is 0 Å². The zero-order valence-electron chi connectivity index (χ0n) is 40.2. The molecule has 346 valence electrons. The van der Waals surface area contributed by atoms with E-state index >= 15 is 0 Å². The predicted molar refractivity (Wildman–Crippen MR) is 311 cm³/mol. The molecule has 12 aromatic carbocycles. The van der Waals surface area contributed by atoms with Crippen molar-refractivity contribution in [2.75, 3.05) is 4.90 Å². The van der Waals surface area contributed by atoms with E-state index in [1.165, 1.54) is 71.1 Å². The largest absolute Gasteiger partial charge is 0.456 e. The molecule has 0 bridgehead atoms. The minimum absolute atomic E-state index is 0.897. The smallest absolute Gasteiger partial charge is 0.135 e. The number of hydrogen-bond acceptors (Lipinski definition) is 2. The molecule has 0 aliphatic rings. The highest BCUT2D eigenvalue weighted by Gasteiger charge is 2.21. The van der Waals surface area contributed by atoms with Gasteiger partial charge in [0.25, 0.3) is 0 Å². The van der Waals surface area contributed by atoms with Crippen molar-refractivity contribution in [2.24, 2.45) is 0 Å². The average Bonchev–Trinajstić information content (AvgIpc) is 4.13. The minimum atomic E-state index is 0.897. The normalized spacial score (nSPS) is 11.8. The van der Waals surface area contributed by atoms with Crippen LogP contribution in [0.4, 0.5) is 17.1 Å². The van der Waals surface area contributed by atoms with E-state index in [1.54, 1.807) is 0 Å². The number of aromatic nitrogens is 2. The van der Waals surface area contributed by atoms with Gasteiger partial charge in [-0.1, -0.05) is 170 Å². The third kappa shape index (κ3) is 6.69. The maximum Gasteiger partial charge on any atom is 0.135 e. The van der Waals surface area contributed by atoms with Gasteiger partial charge in [0.15, 0.2) is 0 Å². The van der Waals surface area contributed by atoms with Crippen molar-refractivity contribution in [3.63, 3.8) is 0 Å². The molecule has 0 fully saturated rings. The summed E-state index contributed by atoms with van der Waals surface area (Å²) in [5.41, 5.74) is 19.1. The summed E-state index contributed by atoms with van der Waals surface area (Å²) >= 11 is 0. The van der Waals surface area contributed by atoms with Crippen molar-refractivity contribution < 1.29 is 4.42 Å². The second-order valence-corrected chi connectivity index (χ2v) is 19.3. The lowest BCUT2D eigenvalue weighted by molar-refractivity contribution is 0.669. The Kier molecular flexibility index (Phi) is 9.54. The van der Waals surface area contributed by atoms with Crippen LogP contribution in [0.3, 0.4) is 0 Å². The van der Waals surface area contributed by atoms with Crippen molar-refractivity contribution in [3.8, 4) is 44.8 Å². The van der Waals surface area contributed by atoms with Gasteiger partial charge in [0.1, 0.15) is 11.2 Å². The van der Waals surface area contributed by atoms with Gasteiger partial charge in [0, 0.05) is 60.5 Å². The minimum Gasteiger partial charge on any atom is -0.456 e. The number of anilines is 3. The Labute approximate surface area is 427 Å². The van der Waals surface area contributed by atoms with Crippen molar-refractivity contribution in [1.29, 1.82) is 0 Å². The van der Waals surface area contributed by atoms with Gasteiger partial charge in [-0.3, -0.25) is 0 Å². The number of nitrogens with zero attached hydrogens (tertiary/aromatic N) is 3. The summed E-state index contributed by atoms with van der Waals surface area (Å²) in [7, 11) is 0. The van der Waals surface area contributed by atoms with Crippen LogP contribution in [0, 0.1) is 0 Å². The third-order valence-corrected chi connectivity index (χ3v) is 15.1. The first-order valence-corrected chi connectivity index (χ1v) is 25.3. The van der Waals surface area contributed by atoms with E-state index in [4.69, 9.17) is 4.42 Å². The Morgan fingerprint density at radius 3 is 1.38 bits per heavy atom. The Morgan fingerprint density at radius 2 is 0.716 bits per heavy atom. The first-order valence-electron chi connectivity index (χ1n) is 25.3. The summed E-state index contributed by atoms with van der Waals surface area (Å²) in [5, 5.41) is 9.57. The molecule has 0 radical (unpaired) electrons. The van der Waals surface area contributed by atoms with Gasteiger partial charge < -0.3 is 18.5 Å². The summed E-state index contributed by atoms with van der Waals surface area (Å²) in [6.45, 7) is 0. The van der Waals surface area contributed by atoms with E-state index in [9.17, 15) is 0 Å². The van der Waals surface area contributed by atoms with Crippen LogP contribution in [-0.2, 0) is 0 Å². The Bertz CT molecular complexity index is 4640. The Morgan fingerprint density at radius 1 is 0.257 bits per heavy atom. The second-order valence-electron chi connectivity index (χ2n) is 19.3. The van der Waals surface area contributed by atoms with E-state index in [0.717, 1.165) is 67.1 Å². The molecule has 4 nitrogen and oxygen atoms in total. The summed E-state index contributed by atoms with van der Waals surface area (Å²) < 4.78 is 11.0.